The molecule has 0 spiro atoms. The molecule has 14 heavy (non-hydrogen) atoms. The third kappa shape index (κ3) is 2.13. The monoisotopic (exact) mass is 228 g/mol. The summed E-state index contributed by atoms with van der Waals surface area (Å²) < 4.78 is 5.06. The predicted octanol–water partition coefficient (Wildman–Crippen LogP) is 3.02. The maximum atomic E-state index is 5.82. The summed E-state index contributed by atoms with van der Waals surface area (Å²) in [6, 6.07) is 2.04. The van der Waals surface area contributed by atoms with Crippen LogP contribution in [0.4, 0.5) is 0 Å². The third-order valence-electron chi connectivity index (χ3n) is 1.78. The van der Waals surface area contributed by atoms with Crippen LogP contribution in [-0.4, -0.2) is 10.1 Å². The highest BCUT2D eigenvalue weighted by Gasteiger charge is 2.11. The van der Waals surface area contributed by atoms with Crippen LogP contribution in [0.3, 0.4) is 0 Å². The van der Waals surface area contributed by atoms with Gasteiger partial charge in [-0.3, -0.25) is 0 Å². The fourth-order valence-corrected chi connectivity index (χ4v) is 1.83. The second-order valence-electron chi connectivity index (χ2n) is 2.97. The van der Waals surface area contributed by atoms with Crippen LogP contribution in [0.1, 0.15) is 29.6 Å². The number of hydrogen-bond acceptors (Lipinski definition) is 4. The molecule has 5 heteroatoms. The molecule has 0 radical (unpaired) electrons. The number of aromatic nitrogens is 2. The standard InChI is InChI=1S/C9H9ClN2OS/c1-6(10)9-11-8(13-12-9)4-7-2-3-14-5-7/h2-3,5-6H,4H2,1H3. The molecular weight excluding hydrogens is 220 g/mol. The van der Waals surface area contributed by atoms with E-state index in [-0.39, 0.29) is 5.38 Å². The second-order valence-corrected chi connectivity index (χ2v) is 4.41. The van der Waals surface area contributed by atoms with Gasteiger partial charge in [0.1, 0.15) is 0 Å². The van der Waals surface area contributed by atoms with E-state index in [2.05, 4.69) is 15.5 Å². The Kier molecular flexibility index (Phi) is 2.84. The van der Waals surface area contributed by atoms with Gasteiger partial charge < -0.3 is 4.52 Å². The quantitative estimate of drug-likeness (QED) is 0.758. The zero-order valence-electron chi connectivity index (χ0n) is 7.61. The van der Waals surface area contributed by atoms with Crippen molar-refractivity contribution in [3.05, 3.63) is 34.1 Å². The summed E-state index contributed by atoms with van der Waals surface area (Å²) in [6.07, 6.45) is 0.681. The Balaban J connectivity index is 2.11. The summed E-state index contributed by atoms with van der Waals surface area (Å²) in [5, 5.41) is 7.67. The Labute approximate surface area is 90.7 Å². The Hall–Kier alpha value is -0.870. The molecule has 0 bridgehead atoms. The average molecular weight is 229 g/mol. The van der Waals surface area contributed by atoms with Crippen LogP contribution in [0.25, 0.3) is 0 Å². The molecule has 0 aliphatic rings. The Morgan fingerprint density at radius 1 is 1.64 bits per heavy atom. The highest BCUT2D eigenvalue weighted by atomic mass is 35.5. The highest BCUT2D eigenvalue weighted by molar-refractivity contribution is 7.07. The Morgan fingerprint density at radius 3 is 3.07 bits per heavy atom. The van der Waals surface area contributed by atoms with Crippen molar-refractivity contribution in [3.63, 3.8) is 0 Å². The van der Waals surface area contributed by atoms with Crippen LogP contribution in [0.15, 0.2) is 21.3 Å². The van der Waals surface area contributed by atoms with Gasteiger partial charge in [0.05, 0.1) is 11.8 Å². The minimum absolute atomic E-state index is 0.199. The normalized spacial score (nSPS) is 13.0. The first-order valence-electron chi connectivity index (χ1n) is 4.23. The van der Waals surface area contributed by atoms with Crippen molar-refractivity contribution in [3.8, 4) is 0 Å². The second kappa shape index (κ2) is 4.11. The number of thiophene rings is 1. The number of rotatable bonds is 3. The lowest BCUT2D eigenvalue weighted by Gasteiger charge is -1.90. The summed E-state index contributed by atoms with van der Waals surface area (Å²) in [7, 11) is 0. The highest BCUT2D eigenvalue weighted by Crippen LogP contribution is 2.17. The summed E-state index contributed by atoms with van der Waals surface area (Å²) in [6.45, 7) is 1.82. The first-order valence-corrected chi connectivity index (χ1v) is 5.61. The summed E-state index contributed by atoms with van der Waals surface area (Å²) >= 11 is 7.47. The van der Waals surface area contributed by atoms with Gasteiger partial charge in [0, 0.05) is 0 Å². The fourth-order valence-electron chi connectivity index (χ4n) is 1.07. The number of nitrogens with zero attached hydrogens (tertiary/aromatic N) is 2. The molecule has 2 rings (SSSR count). The van der Waals surface area contributed by atoms with Gasteiger partial charge >= 0.3 is 0 Å². The zero-order chi connectivity index (χ0) is 9.97. The summed E-state index contributed by atoms with van der Waals surface area (Å²) in [4.78, 5) is 4.18. The van der Waals surface area contributed by atoms with Crippen LogP contribution in [0.5, 0.6) is 0 Å². The first kappa shape index (κ1) is 9.68. The molecule has 1 atom stereocenters. The van der Waals surface area contributed by atoms with Gasteiger partial charge in [0.2, 0.25) is 5.89 Å². The van der Waals surface area contributed by atoms with Crippen molar-refractivity contribution in [2.45, 2.75) is 18.7 Å². The van der Waals surface area contributed by atoms with Crippen molar-refractivity contribution in [2.75, 3.05) is 0 Å². The van der Waals surface area contributed by atoms with Crippen LogP contribution in [0, 0.1) is 0 Å². The lowest BCUT2D eigenvalue weighted by Crippen LogP contribution is -1.89. The van der Waals surface area contributed by atoms with E-state index in [1.165, 1.54) is 5.56 Å². The molecule has 1 unspecified atom stereocenters. The van der Waals surface area contributed by atoms with Crippen LogP contribution in [0.2, 0.25) is 0 Å². The lowest BCUT2D eigenvalue weighted by atomic mass is 10.2. The summed E-state index contributed by atoms with van der Waals surface area (Å²) in [5.74, 6) is 1.17. The first-order chi connectivity index (χ1) is 6.75. The smallest absolute Gasteiger partial charge is 0.231 e. The maximum Gasteiger partial charge on any atom is 0.231 e. The fraction of sp³-hybridized carbons (Fsp3) is 0.333. The third-order valence-corrected chi connectivity index (χ3v) is 2.70. The molecule has 0 aliphatic heterocycles. The van der Waals surface area contributed by atoms with Crippen molar-refractivity contribution in [1.29, 1.82) is 0 Å². The predicted molar refractivity (Wildman–Crippen MR) is 55.7 cm³/mol. The van der Waals surface area contributed by atoms with Gasteiger partial charge in [0.15, 0.2) is 5.82 Å². The van der Waals surface area contributed by atoms with Crippen molar-refractivity contribution >= 4 is 22.9 Å². The van der Waals surface area contributed by atoms with Crippen molar-refractivity contribution in [1.82, 2.24) is 10.1 Å². The molecule has 2 heterocycles. The zero-order valence-corrected chi connectivity index (χ0v) is 9.18. The van der Waals surface area contributed by atoms with E-state index in [1.807, 2.05) is 18.4 Å². The molecule has 0 amide bonds. The Bertz CT molecular complexity index is 397. The van der Waals surface area contributed by atoms with Crippen LogP contribution >= 0.6 is 22.9 Å². The maximum absolute atomic E-state index is 5.82. The van der Waals surface area contributed by atoms with Gasteiger partial charge in [-0.15, -0.1) is 11.6 Å². The van der Waals surface area contributed by atoms with Crippen molar-refractivity contribution < 1.29 is 4.52 Å². The molecular formula is C9H9ClN2OS. The minimum Gasteiger partial charge on any atom is -0.339 e. The van der Waals surface area contributed by atoms with E-state index in [0.717, 1.165) is 0 Å². The van der Waals surface area contributed by atoms with Gasteiger partial charge in [-0.2, -0.15) is 16.3 Å². The molecule has 0 saturated carbocycles. The largest absolute Gasteiger partial charge is 0.339 e. The van der Waals surface area contributed by atoms with E-state index in [4.69, 9.17) is 16.1 Å². The van der Waals surface area contributed by atoms with Gasteiger partial charge in [-0.25, -0.2) is 0 Å². The molecule has 2 aromatic rings. The molecule has 0 aliphatic carbocycles. The topological polar surface area (TPSA) is 38.9 Å². The SMILES string of the molecule is CC(Cl)c1noc(Cc2ccsc2)n1. The van der Waals surface area contributed by atoms with E-state index >= 15 is 0 Å². The van der Waals surface area contributed by atoms with Gasteiger partial charge in [-0.1, -0.05) is 5.16 Å². The molecule has 0 fully saturated rings. The lowest BCUT2D eigenvalue weighted by molar-refractivity contribution is 0.379. The molecule has 3 nitrogen and oxygen atoms in total. The molecule has 0 saturated heterocycles. The Morgan fingerprint density at radius 2 is 2.50 bits per heavy atom. The van der Waals surface area contributed by atoms with Crippen LogP contribution < -0.4 is 0 Å². The summed E-state index contributed by atoms with van der Waals surface area (Å²) in [5.41, 5.74) is 1.19. The van der Waals surface area contributed by atoms with Crippen molar-refractivity contribution in [2.24, 2.45) is 0 Å². The van der Waals surface area contributed by atoms with Gasteiger partial charge in [-0.05, 0) is 29.3 Å². The molecule has 0 N–H and O–H groups in total. The van der Waals surface area contributed by atoms with E-state index < -0.39 is 0 Å². The molecule has 74 valence electrons. The van der Waals surface area contributed by atoms with Gasteiger partial charge in [0.25, 0.3) is 0 Å². The molecule has 2 aromatic heterocycles. The average Bonchev–Trinajstić information content (AvgIpc) is 2.75. The number of halogens is 1. The van der Waals surface area contributed by atoms with Crippen LogP contribution in [-0.2, 0) is 6.42 Å². The van der Waals surface area contributed by atoms with E-state index in [9.17, 15) is 0 Å². The number of hydrogen-bond donors (Lipinski definition) is 0. The van der Waals surface area contributed by atoms with E-state index in [1.54, 1.807) is 11.3 Å². The number of alkyl halides is 1. The minimum atomic E-state index is -0.199. The van der Waals surface area contributed by atoms with E-state index in [0.29, 0.717) is 18.1 Å². The molecule has 0 aromatic carbocycles.